The van der Waals surface area contributed by atoms with E-state index in [2.05, 4.69) is 23.5 Å². The molecular weight excluding hydrogens is 536 g/mol. The van der Waals surface area contributed by atoms with Gasteiger partial charge in [0.2, 0.25) is 10.0 Å². The van der Waals surface area contributed by atoms with Gasteiger partial charge in [0, 0.05) is 18.7 Å². The number of nitrogens with one attached hydrogen (secondary N) is 1. The lowest BCUT2D eigenvalue weighted by Gasteiger charge is -2.18. The predicted octanol–water partition coefficient (Wildman–Crippen LogP) is 4.71. The lowest BCUT2D eigenvalue weighted by molar-refractivity contribution is 0.0924. The number of anilines is 2. The Morgan fingerprint density at radius 1 is 0.949 bits per heavy atom. The van der Waals surface area contributed by atoms with Crippen molar-refractivity contribution in [2.75, 3.05) is 23.3 Å². The highest BCUT2D eigenvalue weighted by Crippen LogP contribution is 2.31. The fraction of sp³-hybridized carbons (Fsp3) is 0.0714. The summed E-state index contributed by atoms with van der Waals surface area (Å²) < 4.78 is 28.0. The highest BCUT2D eigenvalue weighted by atomic mass is 32.2. The van der Waals surface area contributed by atoms with Gasteiger partial charge in [0.1, 0.15) is 0 Å². The largest absolute Gasteiger partial charge is 0.298 e. The van der Waals surface area contributed by atoms with Crippen LogP contribution in [0.3, 0.4) is 0 Å². The molecule has 1 aliphatic heterocycles. The SMILES string of the molecule is C=CCN(CC=C)S(=O)(=O)c1ccc2nc(NC(=O)c3cccc(N4C(=O)c5ccccc5C4=O)c3)sc2c1. The number of benzene rings is 3. The van der Waals surface area contributed by atoms with Crippen LogP contribution in [0.4, 0.5) is 10.8 Å². The number of thiazole rings is 1. The Morgan fingerprint density at radius 2 is 1.62 bits per heavy atom. The van der Waals surface area contributed by atoms with Crippen molar-refractivity contribution >= 4 is 60.1 Å². The average Bonchev–Trinajstić information content (AvgIpc) is 3.45. The van der Waals surface area contributed by atoms with Crippen LogP contribution in [0.2, 0.25) is 0 Å². The quantitative estimate of drug-likeness (QED) is 0.235. The van der Waals surface area contributed by atoms with E-state index in [0.29, 0.717) is 21.3 Å². The van der Waals surface area contributed by atoms with Gasteiger partial charge in [-0.05, 0) is 48.5 Å². The Kier molecular flexibility index (Phi) is 6.96. The summed E-state index contributed by atoms with van der Waals surface area (Å²) in [5.74, 6) is -1.40. The summed E-state index contributed by atoms with van der Waals surface area (Å²) in [5.41, 5.74) is 1.64. The van der Waals surface area contributed by atoms with E-state index in [1.165, 1.54) is 34.7 Å². The van der Waals surface area contributed by atoms with Crippen LogP contribution in [0.5, 0.6) is 0 Å². The van der Waals surface area contributed by atoms with Gasteiger partial charge in [-0.15, -0.1) is 13.2 Å². The summed E-state index contributed by atoms with van der Waals surface area (Å²) >= 11 is 1.13. The lowest BCUT2D eigenvalue weighted by atomic mass is 10.1. The van der Waals surface area contributed by atoms with E-state index in [9.17, 15) is 22.8 Å². The molecule has 3 aromatic carbocycles. The third-order valence-electron chi connectivity index (χ3n) is 6.04. The number of fused-ring (bicyclic) bond motifs is 2. The van der Waals surface area contributed by atoms with Gasteiger partial charge in [-0.25, -0.2) is 18.3 Å². The number of hydrogen-bond acceptors (Lipinski definition) is 7. The molecule has 1 N–H and O–H groups in total. The number of imide groups is 1. The van der Waals surface area contributed by atoms with Crippen LogP contribution in [0.15, 0.2) is 96.9 Å². The molecule has 0 bridgehead atoms. The average molecular weight is 559 g/mol. The van der Waals surface area contributed by atoms with E-state index in [1.807, 2.05) is 0 Å². The minimum Gasteiger partial charge on any atom is -0.298 e. The molecule has 1 aromatic heterocycles. The van der Waals surface area contributed by atoms with E-state index < -0.39 is 27.7 Å². The minimum atomic E-state index is -3.79. The van der Waals surface area contributed by atoms with Gasteiger partial charge >= 0.3 is 0 Å². The monoisotopic (exact) mass is 558 g/mol. The summed E-state index contributed by atoms with van der Waals surface area (Å²) in [6, 6.07) is 17.3. The van der Waals surface area contributed by atoms with Crippen LogP contribution in [0.1, 0.15) is 31.1 Å². The number of rotatable bonds is 9. The number of sulfonamides is 1. The number of aromatic nitrogens is 1. The Bertz CT molecular complexity index is 1730. The molecule has 2 heterocycles. The third kappa shape index (κ3) is 4.78. The molecule has 5 rings (SSSR count). The highest BCUT2D eigenvalue weighted by molar-refractivity contribution is 7.89. The minimum absolute atomic E-state index is 0.0915. The van der Waals surface area contributed by atoms with E-state index in [0.717, 1.165) is 16.2 Å². The van der Waals surface area contributed by atoms with Crippen molar-refractivity contribution in [1.29, 1.82) is 0 Å². The van der Waals surface area contributed by atoms with E-state index in [4.69, 9.17) is 0 Å². The normalized spacial score (nSPS) is 13.1. The molecule has 3 amide bonds. The van der Waals surface area contributed by atoms with Crippen LogP contribution in [-0.2, 0) is 10.0 Å². The molecule has 0 radical (unpaired) electrons. The molecule has 39 heavy (non-hydrogen) atoms. The first-order valence-electron chi connectivity index (χ1n) is 11.8. The van der Waals surface area contributed by atoms with Crippen LogP contribution >= 0.6 is 11.3 Å². The van der Waals surface area contributed by atoms with Crippen LogP contribution in [0.25, 0.3) is 10.2 Å². The van der Waals surface area contributed by atoms with E-state index >= 15 is 0 Å². The Hall–Kier alpha value is -4.45. The highest BCUT2D eigenvalue weighted by Gasteiger charge is 2.36. The van der Waals surface area contributed by atoms with Crippen molar-refractivity contribution in [3.8, 4) is 0 Å². The third-order valence-corrected chi connectivity index (χ3v) is 8.81. The maximum Gasteiger partial charge on any atom is 0.266 e. The molecule has 0 atom stereocenters. The van der Waals surface area contributed by atoms with Gasteiger partial charge in [-0.2, -0.15) is 4.31 Å². The summed E-state index contributed by atoms with van der Waals surface area (Å²) in [5, 5.41) is 2.99. The number of hydrogen-bond donors (Lipinski definition) is 1. The second-order valence-corrected chi connectivity index (χ2v) is 11.5. The van der Waals surface area contributed by atoms with Gasteiger partial charge in [-0.3, -0.25) is 19.7 Å². The van der Waals surface area contributed by atoms with Crippen molar-refractivity contribution in [2.24, 2.45) is 0 Å². The molecule has 196 valence electrons. The zero-order chi connectivity index (χ0) is 27.7. The fourth-order valence-corrected chi connectivity index (χ4v) is 6.59. The molecule has 11 heteroatoms. The first-order valence-corrected chi connectivity index (χ1v) is 14.0. The smallest absolute Gasteiger partial charge is 0.266 e. The zero-order valence-corrected chi connectivity index (χ0v) is 22.2. The standard InChI is InChI=1S/C28H22N4O5S2/c1-3-14-31(15-4-2)39(36,37)20-12-13-23-24(17-20)38-28(29-23)30-25(33)18-8-7-9-19(16-18)32-26(34)21-10-5-6-11-22(21)27(32)35/h3-13,16-17H,1-2,14-15H2,(H,29,30,33). The van der Waals surface area contributed by atoms with Crippen LogP contribution in [-0.4, -0.2) is 48.5 Å². The molecule has 0 spiro atoms. The van der Waals surface area contributed by atoms with Gasteiger partial charge in [-0.1, -0.05) is 41.7 Å². The number of nitrogens with zero attached hydrogens (tertiary/aromatic N) is 3. The fourth-order valence-electron chi connectivity index (χ4n) is 4.21. The summed E-state index contributed by atoms with van der Waals surface area (Å²) in [6.07, 6.45) is 3.01. The second-order valence-electron chi connectivity index (χ2n) is 8.54. The molecular formula is C28H22N4O5S2. The van der Waals surface area contributed by atoms with Crippen molar-refractivity contribution in [2.45, 2.75) is 4.90 Å². The topological polar surface area (TPSA) is 117 Å². The number of carbonyl (C=O) groups is 3. The summed E-state index contributed by atoms with van der Waals surface area (Å²) in [6.45, 7) is 7.50. The molecule has 4 aromatic rings. The van der Waals surface area contributed by atoms with Crippen LogP contribution in [0, 0.1) is 0 Å². The summed E-state index contributed by atoms with van der Waals surface area (Å²) in [7, 11) is -3.79. The molecule has 9 nitrogen and oxygen atoms in total. The van der Waals surface area contributed by atoms with E-state index in [-0.39, 0.29) is 34.4 Å². The predicted molar refractivity (Wildman–Crippen MR) is 151 cm³/mol. The Morgan fingerprint density at radius 3 is 2.26 bits per heavy atom. The molecule has 0 aliphatic carbocycles. The maximum absolute atomic E-state index is 13.1. The maximum atomic E-state index is 13.1. The first kappa shape index (κ1) is 26.2. The molecule has 0 saturated carbocycles. The molecule has 0 saturated heterocycles. The Labute approximate surface area is 228 Å². The number of amides is 3. The van der Waals surface area contributed by atoms with Gasteiger partial charge < -0.3 is 0 Å². The van der Waals surface area contributed by atoms with Gasteiger partial charge in [0.15, 0.2) is 5.13 Å². The number of carbonyl (C=O) groups excluding carboxylic acids is 3. The first-order chi connectivity index (χ1) is 18.7. The van der Waals surface area contributed by atoms with Gasteiger partial charge in [0.05, 0.1) is 31.9 Å². The van der Waals surface area contributed by atoms with Crippen molar-refractivity contribution < 1.29 is 22.8 Å². The molecule has 0 fully saturated rings. The van der Waals surface area contributed by atoms with E-state index in [1.54, 1.807) is 48.5 Å². The second kappa shape index (κ2) is 10.4. The van der Waals surface area contributed by atoms with Crippen molar-refractivity contribution in [3.05, 3.63) is 109 Å². The van der Waals surface area contributed by atoms with Crippen molar-refractivity contribution in [1.82, 2.24) is 9.29 Å². The van der Waals surface area contributed by atoms with Gasteiger partial charge in [0.25, 0.3) is 17.7 Å². The lowest BCUT2D eigenvalue weighted by Crippen LogP contribution is -2.31. The molecule has 0 unspecified atom stereocenters. The van der Waals surface area contributed by atoms with Crippen molar-refractivity contribution in [3.63, 3.8) is 0 Å². The zero-order valence-electron chi connectivity index (χ0n) is 20.5. The molecule has 1 aliphatic rings. The summed E-state index contributed by atoms with van der Waals surface area (Å²) in [4.78, 5) is 44.2. The Balaban J connectivity index is 1.38. The van der Waals surface area contributed by atoms with Crippen LogP contribution < -0.4 is 10.2 Å².